The molecule has 4 saturated carbocycles. The molecule has 4 aliphatic rings. The smallest absolute Gasteiger partial charge is 0.0695 e. The van der Waals surface area contributed by atoms with Gasteiger partial charge in [-0.05, 0) is 38.0 Å². The summed E-state index contributed by atoms with van der Waals surface area (Å²) in [6.45, 7) is 0. The summed E-state index contributed by atoms with van der Waals surface area (Å²) in [6, 6.07) is 0. The third-order valence-electron chi connectivity index (χ3n) is 4.05. The Bertz CT molecular complexity index is 215. The van der Waals surface area contributed by atoms with E-state index in [2.05, 4.69) is 0 Å². The maximum absolute atomic E-state index is 10.2. The molecule has 2 atom stereocenters. The van der Waals surface area contributed by atoms with Gasteiger partial charge in [0.1, 0.15) is 0 Å². The summed E-state index contributed by atoms with van der Waals surface area (Å²) in [5.74, 6) is 0.455. The van der Waals surface area contributed by atoms with Gasteiger partial charge >= 0.3 is 0 Å². The average Bonchev–Trinajstić information content (AvgIpc) is 1.71. The van der Waals surface area contributed by atoms with E-state index in [0.717, 1.165) is 19.3 Å². The number of aliphatic hydroxyl groups is 2. The second-order valence-corrected chi connectivity index (χ2v) is 5.82. The van der Waals surface area contributed by atoms with Crippen LogP contribution in [0.2, 0.25) is 0 Å². The van der Waals surface area contributed by atoms with E-state index in [4.69, 9.17) is 5.73 Å². The van der Waals surface area contributed by atoms with Gasteiger partial charge in [-0.1, -0.05) is 0 Å². The summed E-state index contributed by atoms with van der Waals surface area (Å²) in [5.41, 5.74) is 4.60. The molecule has 0 radical (unpaired) electrons. The van der Waals surface area contributed by atoms with Gasteiger partial charge < -0.3 is 15.9 Å². The van der Waals surface area contributed by atoms with E-state index in [9.17, 15) is 10.2 Å². The minimum Gasteiger partial charge on any atom is -0.390 e. The summed E-state index contributed by atoms with van der Waals surface area (Å²) in [6.07, 6.45) is 4.65. The minimum atomic E-state index is -0.650. The van der Waals surface area contributed by atoms with Crippen LogP contribution in [-0.4, -0.2) is 27.0 Å². The Morgan fingerprint density at radius 2 is 1.46 bits per heavy atom. The van der Waals surface area contributed by atoms with Gasteiger partial charge in [0.05, 0.1) is 11.2 Å². The van der Waals surface area contributed by atoms with Gasteiger partial charge in [0, 0.05) is 12.0 Å². The van der Waals surface area contributed by atoms with Crippen LogP contribution < -0.4 is 5.73 Å². The molecule has 0 aliphatic heterocycles. The highest BCUT2D eigenvalue weighted by Gasteiger charge is 2.61. The first kappa shape index (κ1) is 8.21. The normalized spacial score (nSPS) is 64.4. The molecule has 4 N–H and O–H groups in total. The van der Waals surface area contributed by atoms with Gasteiger partial charge in [-0.2, -0.15) is 0 Å². The molecule has 0 saturated heterocycles. The largest absolute Gasteiger partial charge is 0.390 e. The molecule has 3 nitrogen and oxygen atoms in total. The molecule has 0 aromatic rings. The Balaban J connectivity index is 2.03. The Morgan fingerprint density at radius 1 is 0.923 bits per heavy atom. The summed E-state index contributed by atoms with van der Waals surface area (Å²) in [4.78, 5) is 0. The second kappa shape index (κ2) is 1.95. The van der Waals surface area contributed by atoms with Crippen molar-refractivity contribution in [3.8, 4) is 0 Å². The molecule has 13 heavy (non-hydrogen) atoms. The number of hydrogen-bond acceptors (Lipinski definition) is 3. The van der Waals surface area contributed by atoms with Crippen molar-refractivity contribution in [1.29, 1.82) is 0 Å². The van der Waals surface area contributed by atoms with Crippen molar-refractivity contribution < 1.29 is 10.2 Å². The van der Waals surface area contributed by atoms with Crippen LogP contribution in [0.25, 0.3) is 0 Å². The number of nitrogens with two attached hydrogens (primary N) is 1. The summed E-state index contributed by atoms with van der Waals surface area (Å²) < 4.78 is 0. The predicted octanol–water partition coefficient (Wildman–Crippen LogP) is 0.144. The second-order valence-electron chi connectivity index (χ2n) is 5.82. The molecule has 4 aliphatic carbocycles. The highest BCUT2D eigenvalue weighted by molar-refractivity contribution is 5.16. The van der Waals surface area contributed by atoms with Gasteiger partial charge in [-0.3, -0.25) is 0 Å². The van der Waals surface area contributed by atoms with Gasteiger partial charge in [-0.25, -0.2) is 0 Å². The van der Waals surface area contributed by atoms with Gasteiger partial charge in [0.25, 0.3) is 0 Å². The molecule has 2 unspecified atom stereocenters. The van der Waals surface area contributed by atoms with Crippen LogP contribution in [0.4, 0.5) is 0 Å². The SMILES string of the molecule is NC12CC3CC(O)(C1)CC(O)(C3)C2. The number of hydrogen-bond donors (Lipinski definition) is 3. The fraction of sp³-hybridized carbons (Fsp3) is 1.00. The minimum absolute atomic E-state index is 0.275. The molecule has 0 aromatic carbocycles. The Kier molecular flexibility index (Phi) is 1.23. The fourth-order valence-corrected chi connectivity index (χ4v) is 4.41. The highest BCUT2D eigenvalue weighted by Crippen LogP contribution is 2.58. The lowest BCUT2D eigenvalue weighted by atomic mass is 9.49. The van der Waals surface area contributed by atoms with E-state index in [1.165, 1.54) is 0 Å². The highest BCUT2D eigenvalue weighted by atomic mass is 16.3. The van der Waals surface area contributed by atoms with Crippen LogP contribution in [0.3, 0.4) is 0 Å². The van der Waals surface area contributed by atoms with Gasteiger partial charge in [0.15, 0.2) is 0 Å². The van der Waals surface area contributed by atoms with E-state index >= 15 is 0 Å². The Labute approximate surface area is 77.9 Å². The lowest BCUT2D eigenvalue weighted by Crippen LogP contribution is -2.68. The van der Waals surface area contributed by atoms with Gasteiger partial charge in [0.2, 0.25) is 0 Å². The van der Waals surface area contributed by atoms with Crippen molar-refractivity contribution >= 4 is 0 Å². The van der Waals surface area contributed by atoms with Crippen LogP contribution in [0, 0.1) is 5.92 Å². The van der Waals surface area contributed by atoms with Crippen molar-refractivity contribution in [2.45, 2.75) is 55.3 Å². The van der Waals surface area contributed by atoms with Crippen molar-refractivity contribution in [3.63, 3.8) is 0 Å². The zero-order chi connectivity index (χ0) is 9.32. The first-order valence-electron chi connectivity index (χ1n) is 5.14. The molecule has 4 fully saturated rings. The molecule has 3 heteroatoms. The standard InChI is InChI=1S/C10H17NO2/c11-8-1-7-2-9(12,4-8)6-10(13,3-7)5-8/h7,12-13H,1-6,11H2. The summed E-state index contributed by atoms with van der Waals surface area (Å²) in [5, 5.41) is 20.4. The Hall–Kier alpha value is -0.120. The molecule has 0 spiro atoms. The van der Waals surface area contributed by atoms with E-state index in [1.54, 1.807) is 0 Å². The maximum atomic E-state index is 10.2. The zero-order valence-corrected chi connectivity index (χ0v) is 7.79. The Morgan fingerprint density at radius 3 is 1.85 bits per heavy atom. The quantitative estimate of drug-likeness (QED) is 0.500. The lowest BCUT2D eigenvalue weighted by molar-refractivity contribution is -0.205. The molecule has 4 bridgehead atoms. The molecular formula is C10H17NO2. The third kappa shape index (κ3) is 1.07. The first-order valence-corrected chi connectivity index (χ1v) is 5.14. The summed E-state index contributed by atoms with van der Waals surface area (Å²) in [7, 11) is 0. The van der Waals surface area contributed by atoms with E-state index in [0.29, 0.717) is 25.2 Å². The van der Waals surface area contributed by atoms with Crippen molar-refractivity contribution in [1.82, 2.24) is 0 Å². The van der Waals surface area contributed by atoms with Crippen molar-refractivity contribution in [3.05, 3.63) is 0 Å². The number of rotatable bonds is 0. The predicted molar refractivity (Wildman–Crippen MR) is 48.0 cm³/mol. The molecule has 0 heterocycles. The fourth-order valence-electron chi connectivity index (χ4n) is 4.41. The van der Waals surface area contributed by atoms with Gasteiger partial charge in [-0.15, -0.1) is 0 Å². The van der Waals surface area contributed by atoms with Crippen molar-refractivity contribution in [2.24, 2.45) is 11.7 Å². The molecule has 0 aromatic heterocycles. The molecule has 4 rings (SSSR count). The van der Waals surface area contributed by atoms with Crippen LogP contribution in [0.5, 0.6) is 0 Å². The van der Waals surface area contributed by atoms with E-state index in [1.807, 2.05) is 0 Å². The van der Waals surface area contributed by atoms with Crippen LogP contribution in [-0.2, 0) is 0 Å². The van der Waals surface area contributed by atoms with E-state index in [-0.39, 0.29) is 5.54 Å². The average molecular weight is 183 g/mol. The van der Waals surface area contributed by atoms with Crippen LogP contribution in [0.1, 0.15) is 38.5 Å². The molecular weight excluding hydrogens is 166 g/mol. The third-order valence-corrected chi connectivity index (χ3v) is 4.05. The van der Waals surface area contributed by atoms with Crippen LogP contribution >= 0.6 is 0 Å². The molecule has 74 valence electrons. The lowest BCUT2D eigenvalue weighted by Gasteiger charge is -2.62. The maximum Gasteiger partial charge on any atom is 0.0695 e. The zero-order valence-electron chi connectivity index (χ0n) is 7.79. The first-order chi connectivity index (χ1) is 5.91. The molecule has 0 amide bonds. The van der Waals surface area contributed by atoms with Crippen molar-refractivity contribution in [2.75, 3.05) is 0 Å². The monoisotopic (exact) mass is 183 g/mol. The summed E-state index contributed by atoms with van der Waals surface area (Å²) >= 11 is 0. The topological polar surface area (TPSA) is 66.5 Å². The van der Waals surface area contributed by atoms with Crippen LogP contribution in [0.15, 0.2) is 0 Å². The van der Waals surface area contributed by atoms with E-state index < -0.39 is 11.2 Å².